The van der Waals surface area contributed by atoms with Gasteiger partial charge in [0.15, 0.2) is 5.78 Å². The van der Waals surface area contributed by atoms with Gasteiger partial charge in [0.2, 0.25) is 11.9 Å². The number of hydrogen-bond acceptors (Lipinski definition) is 7. The number of amides is 1. The average molecular weight is 620 g/mol. The number of hydrogen-bond donors (Lipinski definition) is 2. The molecule has 5 rings (SSSR count). The number of fused-ring (bicyclic) bond motifs is 1. The van der Waals surface area contributed by atoms with E-state index in [0.29, 0.717) is 22.3 Å². The van der Waals surface area contributed by atoms with Crippen molar-refractivity contribution >= 4 is 46.8 Å². The highest BCUT2D eigenvalue weighted by Gasteiger charge is 2.29. The molecule has 43 heavy (non-hydrogen) atoms. The second kappa shape index (κ2) is 14.6. The molecule has 2 aromatic carbocycles. The zero-order valence-electron chi connectivity index (χ0n) is 25.4. The molecule has 2 N–H and O–H groups in total. The fourth-order valence-corrected chi connectivity index (χ4v) is 7.10. The molecule has 1 unspecified atom stereocenters. The molecule has 1 heterocycles. The second-order valence-electron chi connectivity index (χ2n) is 12.0. The maximum atomic E-state index is 13.6. The summed E-state index contributed by atoms with van der Waals surface area (Å²) < 4.78 is 0. The molecule has 0 radical (unpaired) electrons. The minimum Gasteiger partial charge on any atom is -0.362 e. The summed E-state index contributed by atoms with van der Waals surface area (Å²) in [6, 6.07) is 15.6. The van der Waals surface area contributed by atoms with E-state index in [1.165, 1.54) is 35.9 Å². The van der Waals surface area contributed by atoms with E-state index in [4.69, 9.17) is 21.6 Å². The molecule has 1 saturated carbocycles. The number of aromatic nitrogens is 2. The Hall–Kier alpha value is -3.10. The van der Waals surface area contributed by atoms with Gasteiger partial charge in [0.05, 0.1) is 10.9 Å². The van der Waals surface area contributed by atoms with Gasteiger partial charge in [-0.05, 0) is 76.0 Å². The lowest BCUT2D eigenvalue weighted by Gasteiger charge is -2.31. The lowest BCUT2D eigenvalue weighted by Crippen LogP contribution is -2.44. The van der Waals surface area contributed by atoms with Crippen LogP contribution in [0.3, 0.4) is 0 Å². The zero-order valence-corrected chi connectivity index (χ0v) is 26.9. The van der Waals surface area contributed by atoms with Crippen molar-refractivity contribution in [3.8, 4) is 0 Å². The van der Waals surface area contributed by atoms with Crippen molar-refractivity contribution in [3.63, 3.8) is 0 Å². The van der Waals surface area contributed by atoms with Gasteiger partial charge in [-0.25, -0.2) is 4.98 Å². The summed E-state index contributed by atoms with van der Waals surface area (Å²) in [7, 11) is 4.09. The van der Waals surface area contributed by atoms with E-state index < -0.39 is 5.25 Å². The number of rotatable bonds is 11. The number of carbonyl (C=O) groups excluding carboxylic acids is 2. The van der Waals surface area contributed by atoms with E-state index >= 15 is 0 Å². The van der Waals surface area contributed by atoms with E-state index in [1.54, 1.807) is 0 Å². The van der Waals surface area contributed by atoms with Crippen LogP contribution in [0.1, 0.15) is 77.7 Å². The Labute approximate surface area is 264 Å². The van der Waals surface area contributed by atoms with E-state index in [2.05, 4.69) is 15.5 Å². The van der Waals surface area contributed by atoms with Crippen molar-refractivity contribution in [3.05, 3.63) is 81.5 Å². The molecule has 0 saturated heterocycles. The lowest BCUT2D eigenvalue weighted by molar-refractivity contribution is -0.121. The van der Waals surface area contributed by atoms with E-state index in [-0.39, 0.29) is 30.2 Å². The van der Waals surface area contributed by atoms with Crippen molar-refractivity contribution in [1.29, 1.82) is 0 Å². The van der Waals surface area contributed by atoms with E-state index in [9.17, 15) is 9.59 Å². The van der Waals surface area contributed by atoms with Gasteiger partial charge in [0.1, 0.15) is 5.82 Å². The first-order chi connectivity index (χ1) is 20.7. The first kappa shape index (κ1) is 31.3. The van der Waals surface area contributed by atoms with Crippen LogP contribution < -0.4 is 15.5 Å². The van der Waals surface area contributed by atoms with Gasteiger partial charge in [-0.1, -0.05) is 53.6 Å². The summed E-state index contributed by atoms with van der Waals surface area (Å²) >= 11 is 7.57. The van der Waals surface area contributed by atoms with Crippen molar-refractivity contribution in [2.75, 3.05) is 24.3 Å². The molecule has 3 aromatic rings. The van der Waals surface area contributed by atoms with Crippen LogP contribution in [0.5, 0.6) is 0 Å². The zero-order chi connectivity index (χ0) is 30.3. The number of ketones is 1. The third-order valence-electron chi connectivity index (χ3n) is 8.39. The number of halogens is 1. The topological polar surface area (TPSA) is 87.2 Å². The highest BCUT2D eigenvalue weighted by atomic mass is 35.5. The predicted octanol–water partition coefficient (Wildman–Crippen LogP) is 6.80. The highest BCUT2D eigenvalue weighted by molar-refractivity contribution is 7.99. The van der Waals surface area contributed by atoms with Gasteiger partial charge in [-0.2, -0.15) is 4.98 Å². The third-order valence-corrected chi connectivity index (χ3v) is 9.93. The number of nitrogens with one attached hydrogen (secondary N) is 2. The summed E-state index contributed by atoms with van der Waals surface area (Å²) in [5.74, 6) is 2.28. The van der Waals surface area contributed by atoms with Crippen LogP contribution in [0.4, 0.5) is 11.8 Å². The average Bonchev–Trinajstić information content (AvgIpc) is 3.00. The first-order valence-electron chi connectivity index (χ1n) is 15.3. The second-order valence-corrected chi connectivity index (χ2v) is 13.6. The van der Waals surface area contributed by atoms with Crippen LogP contribution in [0.2, 0.25) is 5.02 Å². The molecule has 1 atom stereocenters. The Kier molecular flexibility index (Phi) is 10.6. The molecule has 1 fully saturated rings. The molecule has 228 valence electrons. The summed E-state index contributed by atoms with van der Waals surface area (Å²) in [6.45, 7) is 2.00. The van der Waals surface area contributed by atoms with Crippen LogP contribution >= 0.6 is 23.4 Å². The van der Waals surface area contributed by atoms with Crippen molar-refractivity contribution < 1.29 is 9.59 Å². The third kappa shape index (κ3) is 8.51. The molecule has 0 spiro atoms. The first-order valence-corrected chi connectivity index (χ1v) is 16.8. The molecule has 7 nitrogen and oxygen atoms in total. The van der Waals surface area contributed by atoms with Crippen LogP contribution in [0, 0.1) is 6.92 Å². The maximum absolute atomic E-state index is 13.6. The normalized spacial score (nSPS) is 18.8. The number of nitrogens with zero attached hydrogens (tertiary/aromatic N) is 3. The van der Waals surface area contributed by atoms with Gasteiger partial charge in [0, 0.05) is 54.5 Å². The Bertz CT molecular complexity index is 1410. The van der Waals surface area contributed by atoms with Crippen molar-refractivity contribution in [2.45, 2.75) is 87.8 Å². The molecule has 9 heteroatoms. The Morgan fingerprint density at radius 3 is 2.33 bits per heavy atom. The molecule has 2 aliphatic rings. The number of anilines is 2. The summed E-state index contributed by atoms with van der Waals surface area (Å²) in [6.07, 6.45) is 8.18. The maximum Gasteiger partial charge on any atom is 0.233 e. The minimum absolute atomic E-state index is 0.0150. The number of carbonyl (C=O) groups is 2. The van der Waals surface area contributed by atoms with Crippen LogP contribution in [0.15, 0.2) is 48.5 Å². The molecule has 1 aromatic heterocycles. The van der Waals surface area contributed by atoms with Crippen LogP contribution in [-0.4, -0.2) is 53.1 Å². The molecule has 0 bridgehead atoms. The quantitative estimate of drug-likeness (QED) is 0.228. The number of thioether (sulfide) groups is 1. The van der Waals surface area contributed by atoms with Crippen LogP contribution in [-0.2, 0) is 23.4 Å². The smallest absolute Gasteiger partial charge is 0.233 e. The minimum atomic E-state index is -0.478. The van der Waals surface area contributed by atoms with Crippen LogP contribution in [0.25, 0.3) is 0 Å². The lowest BCUT2D eigenvalue weighted by atomic mass is 9.91. The Balaban J connectivity index is 1.19. The highest BCUT2D eigenvalue weighted by Crippen LogP contribution is 2.30. The largest absolute Gasteiger partial charge is 0.362 e. The van der Waals surface area contributed by atoms with Crippen molar-refractivity contribution in [1.82, 2.24) is 15.3 Å². The summed E-state index contributed by atoms with van der Waals surface area (Å²) in [5.41, 5.74) is 5.28. The van der Waals surface area contributed by atoms with E-state index in [1.807, 2.05) is 69.6 Å². The SMILES string of the molecule is Cc1ccc(C(=O)CC(SCc2ccc(Cl)cc2)C(=O)NC2CCC(Nc3nc4c(c(N(C)C)n3)CCCC4)CC2)cc1. The molecular formula is C34H42ClN5O2S. The monoisotopic (exact) mass is 619 g/mol. The number of benzene rings is 2. The molecule has 0 aliphatic heterocycles. The Morgan fingerprint density at radius 2 is 1.63 bits per heavy atom. The van der Waals surface area contributed by atoms with Gasteiger partial charge >= 0.3 is 0 Å². The van der Waals surface area contributed by atoms with Crippen molar-refractivity contribution in [2.24, 2.45) is 0 Å². The summed E-state index contributed by atoms with van der Waals surface area (Å²) in [5, 5.41) is 7.08. The van der Waals surface area contributed by atoms with Gasteiger partial charge in [-0.15, -0.1) is 11.8 Å². The van der Waals surface area contributed by atoms with E-state index in [0.717, 1.165) is 55.5 Å². The fourth-order valence-electron chi connectivity index (χ4n) is 5.90. The summed E-state index contributed by atoms with van der Waals surface area (Å²) in [4.78, 5) is 38.6. The molecule has 2 aliphatic carbocycles. The number of Topliss-reactive ketones (excluding diaryl/α,β-unsaturated/α-hetero) is 1. The Morgan fingerprint density at radius 1 is 0.953 bits per heavy atom. The molecule has 1 amide bonds. The standard InChI is InChI=1S/C34H42ClN5O2S/c1-22-8-12-24(13-9-22)30(41)20-31(43-21-23-10-14-25(35)15-11-23)33(42)36-26-16-18-27(19-17-26)37-34-38-29-7-5-4-6-28(29)32(39-34)40(2)3/h8-15,26-27,31H,4-7,16-21H2,1-3H3,(H,36,42)(H,37,38,39). The fraction of sp³-hybridized carbons (Fsp3) is 0.471. The number of aryl methyl sites for hydroxylation is 2. The van der Waals surface area contributed by atoms with Gasteiger partial charge < -0.3 is 15.5 Å². The molecular weight excluding hydrogens is 578 g/mol. The van der Waals surface area contributed by atoms with Gasteiger partial charge in [0.25, 0.3) is 0 Å². The predicted molar refractivity (Wildman–Crippen MR) is 177 cm³/mol. The van der Waals surface area contributed by atoms with Gasteiger partial charge in [-0.3, -0.25) is 9.59 Å².